The maximum absolute atomic E-state index is 14.6. The maximum Gasteiger partial charge on any atom is 0.247 e. The van der Waals surface area contributed by atoms with E-state index < -0.39 is 22.6 Å². The Kier molecular flexibility index (Phi) is 11.2. The standard InChI is InChI=1S/C34H48N4O5S/c1-3-15-36(19-18-35-20-23-43-24-21-35)33(42)30-34-14-13-27(44-34)28(29(34)32(41)38(30)17-9-6-10-22-39)31(40)37(16-4-2)25-26-11-7-5-8-12-26/h3-5,7-8,11-12,27-30,39H,1-2,6,9-10,13-25H2/t27-,28+,29+,30?,34?/m1/s1. The Bertz CT molecular complexity index is 1180. The normalized spacial score (nSPS) is 27.8. The molecule has 240 valence electrons. The Labute approximate surface area is 266 Å². The zero-order chi connectivity index (χ0) is 31.1. The second-order valence-electron chi connectivity index (χ2n) is 12.4. The van der Waals surface area contributed by atoms with Crippen molar-refractivity contribution in [3.8, 4) is 0 Å². The molecule has 4 aliphatic rings. The topological polar surface area (TPSA) is 93.6 Å². The number of thioether (sulfide) groups is 1. The summed E-state index contributed by atoms with van der Waals surface area (Å²) in [6.07, 6.45) is 7.20. The number of unbranched alkanes of at least 4 members (excludes halogenated alkanes) is 2. The highest BCUT2D eigenvalue weighted by atomic mass is 32.2. The molecule has 0 radical (unpaired) electrons. The van der Waals surface area contributed by atoms with Crippen LogP contribution >= 0.6 is 11.8 Å². The summed E-state index contributed by atoms with van der Waals surface area (Å²) in [5, 5.41) is 9.35. The van der Waals surface area contributed by atoms with E-state index >= 15 is 0 Å². The third-order valence-corrected chi connectivity index (χ3v) is 11.7. The van der Waals surface area contributed by atoms with Crippen molar-refractivity contribution < 1.29 is 24.2 Å². The number of nitrogens with zero attached hydrogens (tertiary/aromatic N) is 4. The fourth-order valence-electron chi connectivity index (χ4n) is 7.64. The van der Waals surface area contributed by atoms with E-state index in [1.54, 1.807) is 28.8 Å². The van der Waals surface area contributed by atoms with Gasteiger partial charge in [0, 0.05) is 64.2 Å². The Morgan fingerprint density at radius 3 is 2.45 bits per heavy atom. The van der Waals surface area contributed by atoms with Gasteiger partial charge in [-0.3, -0.25) is 19.3 Å². The number of hydrogen-bond acceptors (Lipinski definition) is 7. The molecule has 0 aliphatic carbocycles. The fraction of sp³-hybridized carbons (Fsp3) is 0.618. The number of aliphatic hydroxyl groups excluding tert-OH is 1. The summed E-state index contributed by atoms with van der Waals surface area (Å²) in [6, 6.07) is 9.29. The summed E-state index contributed by atoms with van der Waals surface area (Å²) in [4.78, 5) is 51.2. The van der Waals surface area contributed by atoms with Crippen molar-refractivity contribution in [2.45, 2.75) is 54.7 Å². The number of fused-ring (bicyclic) bond motifs is 1. The molecule has 3 amide bonds. The number of hydrogen-bond donors (Lipinski definition) is 1. The van der Waals surface area contributed by atoms with Crippen LogP contribution in [0.4, 0.5) is 0 Å². The third-order valence-electron chi connectivity index (χ3n) is 9.70. The predicted molar refractivity (Wildman–Crippen MR) is 173 cm³/mol. The van der Waals surface area contributed by atoms with E-state index in [-0.39, 0.29) is 29.6 Å². The van der Waals surface area contributed by atoms with Crippen LogP contribution in [0, 0.1) is 11.8 Å². The third kappa shape index (κ3) is 6.64. The molecule has 9 nitrogen and oxygen atoms in total. The SMILES string of the molecule is C=CCN(CCN1CCOCC1)C(=O)C1N(CCCCCO)C(=O)[C@@H]2[C@@H](C(=O)N(CC=C)Cc3ccccc3)[C@H]3CCC12S3. The van der Waals surface area contributed by atoms with Gasteiger partial charge in [0.1, 0.15) is 6.04 Å². The van der Waals surface area contributed by atoms with E-state index in [2.05, 4.69) is 18.1 Å². The van der Waals surface area contributed by atoms with Gasteiger partial charge in [-0.25, -0.2) is 0 Å². The van der Waals surface area contributed by atoms with Crippen LogP contribution in [0.2, 0.25) is 0 Å². The first-order valence-corrected chi connectivity index (χ1v) is 17.1. The zero-order valence-corrected chi connectivity index (χ0v) is 26.7. The van der Waals surface area contributed by atoms with Crippen LogP contribution in [0.15, 0.2) is 55.6 Å². The van der Waals surface area contributed by atoms with Crippen LogP contribution in [0.1, 0.15) is 37.7 Å². The van der Waals surface area contributed by atoms with Crippen LogP contribution in [-0.2, 0) is 25.7 Å². The number of likely N-dealkylation sites (tertiary alicyclic amines) is 1. The highest BCUT2D eigenvalue weighted by Crippen LogP contribution is 2.66. The van der Waals surface area contributed by atoms with E-state index in [0.717, 1.165) is 44.5 Å². The smallest absolute Gasteiger partial charge is 0.247 e. The van der Waals surface area contributed by atoms with Crippen LogP contribution in [0.5, 0.6) is 0 Å². The molecule has 0 saturated carbocycles. The van der Waals surface area contributed by atoms with Crippen molar-refractivity contribution in [1.82, 2.24) is 19.6 Å². The number of carbonyl (C=O) groups excluding carboxylic acids is 3. The number of benzene rings is 1. The average Bonchev–Trinajstić information content (AvgIpc) is 3.69. The van der Waals surface area contributed by atoms with Gasteiger partial charge in [-0.05, 0) is 37.7 Å². The molecular weight excluding hydrogens is 576 g/mol. The molecule has 5 rings (SSSR count). The number of ether oxygens (including phenoxy) is 1. The van der Waals surface area contributed by atoms with Gasteiger partial charge in [-0.2, -0.15) is 0 Å². The average molecular weight is 625 g/mol. The quantitative estimate of drug-likeness (QED) is 0.223. The molecule has 4 saturated heterocycles. The first-order chi connectivity index (χ1) is 21.4. The maximum atomic E-state index is 14.6. The summed E-state index contributed by atoms with van der Waals surface area (Å²) in [5.74, 6) is -1.12. The lowest BCUT2D eigenvalue weighted by molar-refractivity contribution is -0.145. The van der Waals surface area contributed by atoms with E-state index in [9.17, 15) is 19.5 Å². The lowest BCUT2D eigenvalue weighted by Crippen LogP contribution is -2.56. The lowest BCUT2D eigenvalue weighted by Gasteiger charge is -2.38. The lowest BCUT2D eigenvalue weighted by atomic mass is 9.70. The molecule has 1 aromatic rings. The molecule has 44 heavy (non-hydrogen) atoms. The molecule has 0 aromatic heterocycles. The highest BCUT2D eigenvalue weighted by molar-refractivity contribution is 8.02. The minimum atomic E-state index is -0.624. The van der Waals surface area contributed by atoms with Crippen molar-refractivity contribution in [2.75, 3.05) is 65.6 Å². The van der Waals surface area contributed by atoms with Gasteiger partial charge in [-0.15, -0.1) is 24.9 Å². The van der Waals surface area contributed by atoms with Crippen LogP contribution in [0.25, 0.3) is 0 Å². The Morgan fingerprint density at radius 1 is 1.02 bits per heavy atom. The van der Waals surface area contributed by atoms with E-state index in [1.807, 2.05) is 40.1 Å². The molecule has 4 heterocycles. The summed E-state index contributed by atoms with van der Waals surface area (Å²) >= 11 is 1.72. The zero-order valence-electron chi connectivity index (χ0n) is 25.9. The first kappa shape index (κ1) is 32.7. The molecule has 2 bridgehead atoms. The summed E-state index contributed by atoms with van der Waals surface area (Å²) in [5.41, 5.74) is 1.03. The van der Waals surface area contributed by atoms with Crippen LogP contribution in [0.3, 0.4) is 0 Å². The minimum Gasteiger partial charge on any atom is -0.396 e. The van der Waals surface area contributed by atoms with Gasteiger partial charge >= 0.3 is 0 Å². The van der Waals surface area contributed by atoms with Crippen molar-refractivity contribution >= 4 is 29.5 Å². The molecule has 2 unspecified atom stereocenters. The Balaban J connectivity index is 1.42. The molecule has 5 atom stereocenters. The van der Waals surface area contributed by atoms with Gasteiger partial charge in [0.05, 0.1) is 29.8 Å². The van der Waals surface area contributed by atoms with E-state index in [4.69, 9.17) is 4.74 Å². The van der Waals surface area contributed by atoms with Gasteiger partial charge in [-0.1, -0.05) is 42.5 Å². The molecular formula is C34H48N4O5S. The highest BCUT2D eigenvalue weighted by Gasteiger charge is 2.74. The molecule has 4 fully saturated rings. The van der Waals surface area contributed by atoms with Crippen LogP contribution in [-0.4, -0.2) is 124 Å². The fourth-order valence-corrected chi connectivity index (χ4v) is 9.84. The minimum absolute atomic E-state index is 0.00702. The van der Waals surface area contributed by atoms with E-state index in [1.165, 1.54) is 0 Å². The van der Waals surface area contributed by atoms with Crippen molar-refractivity contribution in [1.29, 1.82) is 0 Å². The summed E-state index contributed by atoms with van der Waals surface area (Å²) in [7, 11) is 0. The van der Waals surface area contributed by atoms with E-state index in [0.29, 0.717) is 58.8 Å². The molecule has 1 N–H and O–H groups in total. The second-order valence-corrected chi connectivity index (χ2v) is 14.0. The number of aliphatic hydroxyl groups is 1. The van der Waals surface area contributed by atoms with Crippen molar-refractivity contribution in [2.24, 2.45) is 11.8 Å². The summed E-state index contributed by atoms with van der Waals surface area (Å²) in [6.45, 7) is 14.0. The second kappa shape index (κ2) is 15.1. The van der Waals surface area contributed by atoms with Crippen molar-refractivity contribution in [3.05, 3.63) is 61.2 Å². The van der Waals surface area contributed by atoms with Gasteiger partial charge < -0.3 is 24.5 Å². The van der Waals surface area contributed by atoms with Gasteiger partial charge in [0.25, 0.3) is 0 Å². The number of morpholine rings is 1. The number of carbonyl (C=O) groups is 3. The summed E-state index contributed by atoms with van der Waals surface area (Å²) < 4.78 is 4.88. The molecule has 4 aliphatic heterocycles. The molecule has 10 heteroatoms. The first-order valence-electron chi connectivity index (χ1n) is 16.2. The molecule has 1 spiro atoms. The monoisotopic (exact) mass is 624 g/mol. The number of amides is 3. The largest absolute Gasteiger partial charge is 0.396 e. The Morgan fingerprint density at radius 2 is 1.75 bits per heavy atom. The Hall–Kier alpha value is -2.66. The molecule has 1 aromatic carbocycles. The number of rotatable bonds is 16. The van der Waals surface area contributed by atoms with Crippen LogP contribution < -0.4 is 0 Å². The van der Waals surface area contributed by atoms with Gasteiger partial charge in [0.2, 0.25) is 17.7 Å². The van der Waals surface area contributed by atoms with Gasteiger partial charge in [0.15, 0.2) is 0 Å². The van der Waals surface area contributed by atoms with Crippen molar-refractivity contribution in [3.63, 3.8) is 0 Å². The predicted octanol–water partition coefficient (Wildman–Crippen LogP) is 2.80.